The van der Waals surface area contributed by atoms with Crippen LogP contribution in [0, 0.1) is 6.92 Å². The van der Waals surface area contributed by atoms with Crippen LogP contribution < -0.4 is 0 Å². The Kier molecular flexibility index (Phi) is 3.62. The first-order chi connectivity index (χ1) is 13.1. The maximum Gasteiger partial charge on any atom is 0.235 e. The fraction of sp³-hybridized carbons (Fsp3) is 0.190. The van der Waals surface area contributed by atoms with Crippen LogP contribution >= 0.6 is 11.3 Å². The number of aryl methyl sites for hydroxylation is 1. The third kappa shape index (κ3) is 2.56. The molecule has 5 aromatic rings. The molecule has 0 aliphatic carbocycles. The van der Waals surface area contributed by atoms with Crippen LogP contribution in [0.25, 0.3) is 38.1 Å². The molecule has 134 valence electrons. The SMILES string of the molecule is Cc1c(-c2nnc3sc(-c4ccc(C(C)C)cc4)nn23)oc2ccccc12. The van der Waals surface area contributed by atoms with E-state index in [1.165, 1.54) is 16.9 Å². The Labute approximate surface area is 160 Å². The molecule has 6 heteroatoms. The van der Waals surface area contributed by atoms with Crippen molar-refractivity contribution in [1.82, 2.24) is 19.8 Å². The van der Waals surface area contributed by atoms with E-state index >= 15 is 0 Å². The summed E-state index contributed by atoms with van der Waals surface area (Å²) in [6.07, 6.45) is 0. The molecule has 0 spiro atoms. The third-order valence-electron chi connectivity index (χ3n) is 4.86. The van der Waals surface area contributed by atoms with E-state index in [1.54, 1.807) is 4.52 Å². The summed E-state index contributed by atoms with van der Waals surface area (Å²) < 4.78 is 7.83. The quantitative estimate of drug-likeness (QED) is 0.406. The fourth-order valence-corrected chi connectivity index (χ4v) is 4.12. The van der Waals surface area contributed by atoms with Crippen LogP contribution in [0.2, 0.25) is 0 Å². The minimum Gasteiger partial charge on any atom is -0.452 e. The van der Waals surface area contributed by atoms with Gasteiger partial charge in [0.25, 0.3) is 0 Å². The zero-order valence-electron chi connectivity index (χ0n) is 15.3. The van der Waals surface area contributed by atoms with Gasteiger partial charge in [-0.3, -0.25) is 0 Å². The van der Waals surface area contributed by atoms with Crippen molar-refractivity contribution in [2.45, 2.75) is 26.7 Å². The molecule has 5 rings (SSSR count). The van der Waals surface area contributed by atoms with Gasteiger partial charge in [-0.1, -0.05) is 67.6 Å². The van der Waals surface area contributed by atoms with Gasteiger partial charge in [0.1, 0.15) is 10.6 Å². The summed E-state index contributed by atoms with van der Waals surface area (Å²) in [4.78, 5) is 0.757. The highest BCUT2D eigenvalue weighted by Gasteiger charge is 2.20. The molecule has 0 aliphatic heterocycles. The van der Waals surface area contributed by atoms with E-state index in [0.717, 1.165) is 37.8 Å². The normalized spacial score (nSPS) is 11.9. The Morgan fingerprint density at radius 1 is 1.00 bits per heavy atom. The predicted octanol–water partition coefficient (Wildman–Crippen LogP) is 5.70. The second kappa shape index (κ2) is 6.03. The number of aromatic nitrogens is 4. The zero-order valence-corrected chi connectivity index (χ0v) is 16.1. The van der Waals surface area contributed by atoms with Crippen LogP contribution in [0.4, 0.5) is 0 Å². The van der Waals surface area contributed by atoms with Crippen molar-refractivity contribution in [2.75, 3.05) is 0 Å². The van der Waals surface area contributed by atoms with Crippen LogP contribution in [-0.4, -0.2) is 19.8 Å². The lowest BCUT2D eigenvalue weighted by atomic mass is 10.0. The summed E-state index contributed by atoms with van der Waals surface area (Å²) in [6.45, 7) is 6.43. The lowest BCUT2D eigenvalue weighted by Crippen LogP contribution is -1.91. The van der Waals surface area contributed by atoms with E-state index in [4.69, 9.17) is 9.52 Å². The second-order valence-corrected chi connectivity index (χ2v) is 7.91. The molecule has 0 radical (unpaired) electrons. The Balaban J connectivity index is 1.62. The van der Waals surface area contributed by atoms with Gasteiger partial charge in [-0.15, -0.1) is 10.2 Å². The number of hydrogen-bond acceptors (Lipinski definition) is 5. The summed E-state index contributed by atoms with van der Waals surface area (Å²) in [5, 5.41) is 15.4. The molecule has 3 aromatic heterocycles. The maximum absolute atomic E-state index is 6.05. The molecule has 5 nitrogen and oxygen atoms in total. The molecular weight excluding hydrogens is 356 g/mol. The molecule has 3 heterocycles. The Bertz CT molecular complexity index is 1260. The largest absolute Gasteiger partial charge is 0.452 e. The van der Waals surface area contributed by atoms with Crippen molar-refractivity contribution in [3.05, 3.63) is 59.7 Å². The zero-order chi connectivity index (χ0) is 18.5. The van der Waals surface area contributed by atoms with Crippen LogP contribution in [0.1, 0.15) is 30.9 Å². The first-order valence-corrected chi connectivity index (χ1v) is 9.74. The first-order valence-electron chi connectivity index (χ1n) is 8.93. The first kappa shape index (κ1) is 16.2. The molecule has 0 atom stereocenters. The lowest BCUT2D eigenvalue weighted by molar-refractivity contribution is 0.619. The van der Waals surface area contributed by atoms with Crippen molar-refractivity contribution >= 4 is 27.3 Å². The number of para-hydroxylation sites is 1. The minimum atomic E-state index is 0.513. The Morgan fingerprint density at radius 3 is 2.52 bits per heavy atom. The summed E-state index contributed by atoms with van der Waals surface area (Å²) in [5.41, 5.74) is 4.31. The van der Waals surface area contributed by atoms with Gasteiger partial charge in [-0.25, -0.2) is 0 Å². The van der Waals surface area contributed by atoms with Crippen molar-refractivity contribution in [3.63, 3.8) is 0 Å². The molecule has 0 aliphatic rings. The molecular formula is C21H18N4OS. The van der Waals surface area contributed by atoms with Gasteiger partial charge in [0, 0.05) is 16.5 Å². The van der Waals surface area contributed by atoms with Crippen molar-refractivity contribution in [2.24, 2.45) is 0 Å². The highest BCUT2D eigenvalue weighted by molar-refractivity contribution is 7.19. The maximum atomic E-state index is 6.05. The minimum absolute atomic E-state index is 0.513. The summed E-state index contributed by atoms with van der Waals surface area (Å²) in [5.74, 6) is 1.87. The number of nitrogens with zero attached hydrogens (tertiary/aromatic N) is 4. The smallest absolute Gasteiger partial charge is 0.235 e. The molecule has 27 heavy (non-hydrogen) atoms. The van der Waals surface area contributed by atoms with Gasteiger partial charge in [0.05, 0.1) is 0 Å². The van der Waals surface area contributed by atoms with Crippen molar-refractivity contribution in [3.8, 4) is 22.2 Å². The Hall–Kier alpha value is -2.99. The van der Waals surface area contributed by atoms with Gasteiger partial charge in [-0.05, 0) is 24.5 Å². The van der Waals surface area contributed by atoms with E-state index < -0.39 is 0 Å². The molecule has 0 saturated carbocycles. The monoisotopic (exact) mass is 374 g/mol. The van der Waals surface area contributed by atoms with E-state index in [9.17, 15) is 0 Å². The van der Waals surface area contributed by atoms with Crippen LogP contribution in [0.5, 0.6) is 0 Å². The second-order valence-electron chi connectivity index (χ2n) is 6.95. The number of fused-ring (bicyclic) bond motifs is 2. The lowest BCUT2D eigenvalue weighted by Gasteiger charge is -2.04. The van der Waals surface area contributed by atoms with Crippen LogP contribution in [0.3, 0.4) is 0 Å². The van der Waals surface area contributed by atoms with Crippen molar-refractivity contribution < 1.29 is 4.42 Å². The Morgan fingerprint density at radius 2 is 1.78 bits per heavy atom. The van der Waals surface area contributed by atoms with Gasteiger partial charge >= 0.3 is 0 Å². The van der Waals surface area contributed by atoms with Gasteiger partial charge in [-0.2, -0.15) is 9.61 Å². The molecule has 0 bridgehead atoms. The van der Waals surface area contributed by atoms with Crippen molar-refractivity contribution in [1.29, 1.82) is 0 Å². The van der Waals surface area contributed by atoms with E-state index in [2.05, 4.69) is 54.4 Å². The summed E-state index contributed by atoms with van der Waals surface area (Å²) in [7, 11) is 0. The van der Waals surface area contributed by atoms with E-state index in [1.807, 2.05) is 25.1 Å². The molecule has 0 N–H and O–H groups in total. The summed E-state index contributed by atoms with van der Waals surface area (Å²) >= 11 is 1.53. The number of benzene rings is 2. The third-order valence-corrected chi connectivity index (χ3v) is 5.81. The molecule has 0 unspecified atom stereocenters. The highest BCUT2D eigenvalue weighted by Crippen LogP contribution is 2.34. The van der Waals surface area contributed by atoms with E-state index in [-0.39, 0.29) is 0 Å². The van der Waals surface area contributed by atoms with Crippen LogP contribution in [-0.2, 0) is 0 Å². The average molecular weight is 374 g/mol. The highest BCUT2D eigenvalue weighted by atomic mass is 32.1. The predicted molar refractivity (Wildman–Crippen MR) is 108 cm³/mol. The van der Waals surface area contributed by atoms with Gasteiger partial charge in [0.2, 0.25) is 10.8 Å². The van der Waals surface area contributed by atoms with Gasteiger partial charge < -0.3 is 4.42 Å². The van der Waals surface area contributed by atoms with Gasteiger partial charge in [0.15, 0.2) is 5.76 Å². The van der Waals surface area contributed by atoms with Crippen LogP contribution in [0.15, 0.2) is 52.9 Å². The molecule has 0 amide bonds. The number of rotatable bonds is 3. The number of furan rings is 1. The molecule has 0 fully saturated rings. The fourth-order valence-electron chi connectivity index (χ4n) is 3.27. The average Bonchev–Trinajstić information content (AvgIpc) is 3.35. The summed E-state index contributed by atoms with van der Waals surface area (Å²) in [6, 6.07) is 16.6. The number of hydrogen-bond donors (Lipinski definition) is 0. The molecule has 2 aromatic carbocycles. The topological polar surface area (TPSA) is 56.2 Å². The standard InChI is InChI=1S/C21H18N4OS/c1-12(2)14-8-10-15(11-9-14)20-24-25-19(22-23-21(25)27-20)18-13(3)16-6-4-5-7-17(16)26-18/h4-12H,1-3H3. The van der Waals surface area contributed by atoms with E-state index in [0.29, 0.717) is 11.7 Å². The molecule has 0 saturated heterocycles.